The van der Waals surface area contributed by atoms with Crippen molar-refractivity contribution < 1.29 is 14.0 Å². The number of thioether (sulfide) groups is 1. The van der Waals surface area contributed by atoms with Gasteiger partial charge in [-0.15, -0.1) is 0 Å². The topological polar surface area (TPSA) is 58.2 Å². The minimum absolute atomic E-state index is 0.0326. The Morgan fingerprint density at radius 3 is 2.68 bits per heavy atom. The lowest BCUT2D eigenvalue weighted by Crippen LogP contribution is -2.43. The van der Waals surface area contributed by atoms with Gasteiger partial charge in [-0.3, -0.25) is 9.59 Å². The van der Waals surface area contributed by atoms with Gasteiger partial charge in [0, 0.05) is 23.8 Å². The number of halogens is 1. The van der Waals surface area contributed by atoms with Crippen LogP contribution in [0.2, 0.25) is 0 Å². The summed E-state index contributed by atoms with van der Waals surface area (Å²) in [6.45, 7) is 1.30. The second-order valence-electron chi connectivity index (χ2n) is 5.51. The lowest BCUT2D eigenvalue weighted by atomic mass is 9.94. The van der Waals surface area contributed by atoms with Gasteiger partial charge in [0.15, 0.2) is 0 Å². The highest BCUT2D eigenvalue weighted by atomic mass is 32.2. The van der Waals surface area contributed by atoms with Crippen LogP contribution in [0, 0.1) is 5.82 Å². The molecule has 1 aromatic carbocycles. The third-order valence-corrected chi connectivity index (χ3v) is 5.03. The zero-order valence-corrected chi connectivity index (χ0v) is 13.6. The summed E-state index contributed by atoms with van der Waals surface area (Å²) in [5.74, 6) is -1.14. The molecular formula is C16H21FN2O2S. The molecule has 1 aliphatic rings. The largest absolute Gasteiger partial charge is 0.348 e. The molecule has 2 rings (SSSR count). The van der Waals surface area contributed by atoms with Crippen LogP contribution in [-0.2, 0) is 4.79 Å². The van der Waals surface area contributed by atoms with E-state index in [9.17, 15) is 14.0 Å². The van der Waals surface area contributed by atoms with E-state index in [0.717, 1.165) is 19.3 Å². The summed E-state index contributed by atoms with van der Waals surface area (Å²) in [7, 11) is 0. The van der Waals surface area contributed by atoms with Crippen LogP contribution in [0.3, 0.4) is 0 Å². The van der Waals surface area contributed by atoms with Crippen molar-refractivity contribution in [2.24, 2.45) is 0 Å². The van der Waals surface area contributed by atoms with Crippen molar-refractivity contribution >= 4 is 29.3 Å². The standard InChI is InChI=1S/C16H21FN2O2S/c1-10(20)18-14-9-11(7-8-12(14)17)16(21)19-13-5-3-4-6-15(13)22-2/h7-9,13,15H,3-6H2,1-2H3,(H,18,20)(H,19,21). The molecule has 0 spiro atoms. The van der Waals surface area contributed by atoms with Crippen molar-refractivity contribution in [1.29, 1.82) is 0 Å². The van der Waals surface area contributed by atoms with Crippen molar-refractivity contribution in [1.82, 2.24) is 5.32 Å². The van der Waals surface area contributed by atoms with Crippen molar-refractivity contribution in [3.8, 4) is 0 Å². The van der Waals surface area contributed by atoms with Crippen LogP contribution >= 0.6 is 11.8 Å². The monoisotopic (exact) mass is 324 g/mol. The van der Waals surface area contributed by atoms with E-state index >= 15 is 0 Å². The van der Waals surface area contributed by atoms with Gasteiger partial charge in [0.05, 0.1) is 5.69 Å². The maximum absolute atomic E-state index is 13.6. The maximum Gasteiger partial charge on any atom is 0.251 e. The molecule has 0 aromatic heterocycles. The highest BCUT2D eigenvalue weighted by molar-refractivity contribution is 7.99. The van der Waals surface area contributed by atoms with Crippen molar-refractivity contribution in [2.75, 3.05) is 11.6 Å². The molecule has 6 heteroatoms. The van der Waals surface area contributed by atoms with Gasteiger partial charge in [-0.1, -0.05) is 12.8 Å². The third kappa shape index (κ3) is 4.22. The quantitative estimate of drug-likeness (QED) is 0.894. The van der Waals surface area contributed by atoms with E-state index in [1.807, 2.05) is 0 Å². The Balaban J connectivity index is 2.10. The molecule has 1 fully saturated rings. The molecule has 2 atom stereocenters. The first-order valence-electron chi connectivity index (χ1n) is 7.42. The second kappa shape index (κ2) is 7.63. The smallest absolute Gasteiger partial charge is 0.251 e. The fraction of sp³-hybridized carbons (Fsp3) is 0.500. The molecule has 0 heterocycles. The van der Waals surface area contributed by atoms with Crippen molar-refractivity contribution in [3.05, 3.63) is 29.6 Å². The Hall–Kier alpha value is -1.56. The molecule has 120 valence electrons. The number of carbonyl (C=O) groups excluding carboxylic acids is 2. The Kier molecular flexibility index (Phi) is 5.83. The molecule has 1 saturated carbocycles. The highest BCUT2D eigenvalue weighted by Crippen LogP contribution is 2.27. The second-order valence-corrected chi connectivity index (χ2v) is 6.59. The summed E-state index contributed by atoms with van der Waals surface area (Å²) < 4.78 is 13.6. The molecule has 2 N–H and O–H groups in total. The van der Waals surface area contributed by atoms with E-state index in [4.69, 9.17) is 0 Å². The summed E-state index contributed by atoms with van der Waals surface area (Å²) in [5, 5.41) is 5.86. The first kappa shape index (κ1) is 16.8. The van der Waals surface area contributed by atoms with Gasteiger partial charge < -0.3 is 10.6 Å². The Morgan fingerprint density at radius 1 is 1.27 bits per heavy atom. The molecule has 0 bridgehead atoms. The number of rotatable bonds is 4. The molecule has 0 aliphatic heterocycles. The van der Waals surface area contributed by atoms with E-state index in [0.29, 0.717) is 10.8 Å². The highest BCUT2D eigenvalue weighted by Gasteiger charge is 2.26. The zero-order valence-electron chi connectivity index (χ0n) is 12.8. The average Bonchev–Trinajstić information content (AvgIpc) is 2.49. The first-order valence-corrected chi connectivity index (χ1v) is 8.71. The molecule has 1 aliphatic carbocycles. The molecular weight excluding hydrogens is 303 g/mol. The van der Waals surface area contributed by atoms with Crippen LogP contribution in [0.1, 0.15) is 43.0 Å². The normalized spacial score (nSPS) is 21.2. The third-order valence-electron chi connectivity index (χ3n) is 3.86. The van der Waals surface area contributed by atoms with E-state index in [2.05, 4.69) is 16.9 Å². The Labute approximate surface area is 134 Å². The van der Waals surface area contributed by atoms with Gasteiger partial charge in [0.2, 0.25) is 5.91 Å². The van der Waals surface area contributed by atoms with E-state index in [1.54, 1.807) is 11.8 Å². The summed E-state index contributed by atoms with van der Waals surface area (Å²) in [6.07, 6.45) is 6.44. The van der Waals surface area contributed by atoms with Crippen LogP contribution in [0.25, 0.3) is 0 Å². The number of amides is 2. The zero-order chi connectivity index (χ0) is 16.1. The van der Waals surface area contributed by atoms with Crippen molar-refractivity contribution in [2.45, 2.75) is 43.9 Å². The number of nitrogens with one attached hydrogen (secondary N) is 2. The van der Waals surface area contributed by atoms with Gasteiger partial charge in [-0.25, -0.2) is 4.39 Å². The molecule has 1 aromatic rings. The predicted octanol–water partition coefficient (Wildman–Crippen LogP) is 3.19. The fourth-order valence-electron chi connectivity index (χ4n) is 2.75. The average molecular weight is 324 g/mol. The van der Waals surface area contributed by atoms with Crippen LogP contribution < -0.4 is 10.6 Å². The minimum Gasteiger partial charge on any atom is -0.348 e. The molecule has 0 saturated heterocycles. The van der Waals surface area contributed by atoms with Crippen LogP contribution in [0.15, 0.2) is 18.2 Å². The van der Waals surface area contributed by atoms with E-state index in [1.165, 1.54) is 31.5 Å². The number of hydrogen-bond donors (Lipinski definition) is 2. The van der Waals surface area contributed by atoms with E-state index < -0.39 is 5.82 Å². The van der Waals surface area contributed by atoms with Crippen LogP contribution in [0.5, 0.6) is 0 Å². The molecule has 22 heavy (non-hydrogen) atoms. The van der Waals surface area contributed by atoms with Gasteiger partial charge in [-0.2, -0.15) is 11.8 Å². The van der Waals surface area contributed by atoms with Gasteiger partial charge >= 0.3 is 0 Å². The Morgan fingerprint density at radius 2 is 2.00 bits per heavy atom. The Bertz CT molecular complexity index is 565. The number of anilines is 1. The summed E-state index contributed by atoms with van der Waals surface area (Å²) in [6, 6.07) is 4.16. The van der Waals surface area contributed by atoms with Crippen LogP contribution in [0.4, 0.5) is 10.1 Å². The van der Waals surface area contributed by atoms with Crippen LogP contribution in [-0.4, -0.2) is 29.4 Å². The van der Waals surface area contributed by atoms with Gasteiger partial charge in [-0.05, 0) is 37.3 Å². The fourth-order valence-corrected chi connectivity index (χ4v) is 3.68. The summed E-state index contributed by atoms with van der Waals surface area (Å²) >= 11 is 1.77. The van der Waals surface area contributed by atoms with Gasteiger partial charge in [0.1, 0.15) is 5.82 Å². The molecule has 2 amide bonds. The summed E-state index contributed by atoms with van der Waals surface area (Å²) in [5.41, 5.74) is 0.390. The number of hydrogen-bond acceptors (Lipinski definition) is 3. The number of benzene rings is 1. The first-order chi connectivity index (χ1) is 10.5. The predicted molar refractivity (Wildman–Crippen MR) is 87.7 cm³/mol. The molecule has 2 unspecified atom stereocenters. The van der Waals surface area contributed by atoms with Gasteiger partial charge in [0.25, 0.3) is 5.91 Å². The number of carbonyl (C=O) groups is 2. The van der Waals surface area contributed by atoms with E-state index in [-0.39, 0.29) is 23.5 Å². The lowest BCUT2D eigenvalue weighted by Gasteiger charge is -2.31. The van der Waals surface area contributed by atoms with Crippen molar-refractivity contribution in [3.63, 3.8) is 0 Å². The summed E-state index contributed by atoms with van der Waals surface area (Å²) in [4.78, 5) is 23.4. The molecule has 4 nitrogen and oxygen atoms in total. The minimum atomic E-state index is -0.550. The maximum atomic E-state index is 13.6. The molecule has 0 radical (unpaired) electrons. The SMILES string of the molecule is CSC1CCCCC1NC(=O)c1ccc(F)c(NC(C)=O)c1. The lowest BCUT2D eigenvalue weighted by molar-refractivity contribution is -0.114.